The number of hydrogen-bond acceptors (Lipinski definition) is 4. The fraction of sp³-hybridized carbons (Fsp3) is 0.429. The topological polar surface area (TPSA) is 51.0 Å². The van der Waals surface area contributed by atoms with Crippen LogP contribution in [0.5, 0.6) is 0 Å². The Morgan fingerprint density at radius 3 is 2.68 bits per heavy atom. The van der Waals surface area contributed by atoms with E-state index in [0.717, 1.165) is 34.9 Å². The molecule has 0 bridgehead atoms. The number of furan rings is 1. The minimum atomic E-state index is 0.105. The Labute approximate surface area is 118 Å². The number of rotatable bonds is 4. The van der Waals surface area contributed by atoms with Gasteiger partial charge in [-0.1, -0.05) is 18.5 Å². The van der Waals surface area contributed by atoms with Crippen LogP contribution in [-0.2, 0) is 6.42 Å². The van der Waals surface area contributed by atoms with Crippen molar-refractivity contribution in [3.63, 3.8) is 0 Å². The fourth-order valence-electron chi connectivity index (χ4n) is 2.19. The van der Waals surface area contributed by atoms with Crippen LogP contribution in [-0.4, -0.2) is 9.97 Å². The molecule has 0 radical (unpaired) electrons. The smallest absolute Gasteiger partial charge is 0.137 e. The lowest BCUT2D eigenvalue weighted by molar-refractivity contribution is 0.499. The molecule has 1 unspecified atom stereocenters. The average Bonchev–Trinajstić information content (AvgIpc) is 2.69. The minimum Gasteiger partial charge on any atom is -0.466 e. The zero-order chi connectivity index (χ0) is 14.0. The van der Waals surface area contributed by atoms with E-state index in [1.807, 2.05) is 26.8 Å². The molecule has 0 aliphatic carbocycles. The molecule has 0 saturated carbocycles. The summed E-state index contributed by atoms with van der Waals surface area (Å²) in [4.78, 5) is 8.28. The Hall–Kier alpha value is -1.55. The van der Waals surface area contributed by atoms with Crippen molar-refractivity contribution in [3.05, 3.63) is 40.2 Å². The van der Waals surface area contributed by atoms with Crippen LogP contribution < -0.4 is 5.32 Å². The van der Waals surface area contributed by atoms with Gasteiger partial charge in [-0.15, -0.1) is 0 Å². The van der Waals surface area contributed by atoms with Gasteiger partial charge in [0.2, 0.25) is 0 Å². The minimum absolute atomic E-state index is 0.105. The highest BCUT2D eigenvalue weighted by Gasteiger charge is 2.15. The Morgan fingerprint density at radius 1 is 1.37 bits per heavy atom. The molecule has 0 aromatic carbocycles. The van der Waals surface area contributed by atoms with Crippen molar-refractivity contribution in [1.82, 2.24) is 9.97 Å². The van der Waals surface area contributed by atoms with Crippen LogP contribution in [0.2, 0.25) is 5.15 Å². The Bertz CT molecular complexity index is 580. The van der Waals surface area contributed by atoms with E-state index < -0.39 is 0 Å². The van der Waals surface area contributed by atoms with E-state index in [4.69, 9.17) is 16.0 Å². The van der Waals surface area contributed by atoms with E-state index in [0.29, 0.717) is 5.15 Å². The number of nitrogens with zero attached hydrogens (tertiary/aromatic N) is 2. The molecule has 19 heavy (non-hydrogen) atoms. The van der Waals surface area contributed by atoms with Crippen LogP contribution >= 0.6 is 11.6 Å². The molecule has 2 rings (SSSR count). The normalized spacial score (nSPS) is 12.5. The van der Waals surface area contributed by atoms with E-state index in [2.05, 4.69) is 22.2 Å². The largest absolute Gasteiger partial charge is 0.466 e. The van der Waals surface area contributed by atoms with Crippen molar-refractivity contribution in [1.29, 1.82) is 0 Å². The molecule has 0 aliphatic heterocycles. The molecule has 2 aromatic rings. The van der Waals surface area contributed by atoms with Gasteiger partial charge in [-0.2, -0.15) is 0 Å². The molecule has 0 amide bonds. The van der Waals surface area contributed by atoms with Gasteiger partial charge in [-0.05, 0) is 33.3 Å². The number of aryl methyl sites for hydroxylation is 2. The van der Waals surface area contributed by atoms with Crippen LogP contribution in [0.3, 0.4) is 0 Å². The first-order chi connectivity index (χ1) is 9.02. The average molecular weight is 280 g/mol. The fourth-order valence-corrected chi connectivity index (χ4v) is 2.46. The van der Waals surface area contributed by atoms with Crippen molar-refractivity contribution in [2.75, 3.05) is 5.32 Å². The summed E-state index contributed by atoms with van der Waals surface area (Å²) in [6, 6.07) is 2.15. The molecule has 1 N–H and O–H groups in total. The van der Waals surface area contributed by atoms with Gasteiger partial charge in [0.05, 0.1) is 6.04 Å². The summed E-state index contributed by atoms with van der Waals surface area (Å²) < 4.78 is 5.55. The molecular formula is C14H18ClN3O. The lowest BCUT2D eigenvalue weighted by Crippen LogP contribution is -2.10. The maximum Gasteiger partial charge on any atom is 0.137 e. The molecule has 4 nitrogen and oxygen atoms in total. The predicted octanol–water partition coefficient (Wildman–Crippen LogP) is 4.08. The van der Waals surface area contributed by atoms with Gasteiger partial charge in [0.1, 0.15) is 28.8 Å². The molecule has 2 heterocycles. The van der Waals surface area contributed by atoms with E-state index in [-0.39, 0.29) is 6.04 Å². The standard InChI is InChI=1S/C14H18ClN3O/c1-5-11-13(15)16-7-17-14(11)18-9(3)12-6-8(2)19-10(12)4/h6-7,9H,5H2,1-4H3,(H,16,17,18). The van der Waals surface area contributed by atoms with Crippen molar-refractivity contribution in [2.45, 2.75) is 40.2 Å². The Kier molecular flexibility index (Phi) is 4.10. The first kappa shape index (κ1) is 13.9. The predicted molar refractivity (Wildman–Crippen MR) is 76.6 cm³/mol. The molecular weight excluding hydrogens is 262 g/mol. The molecule has 0 aliphatic rings. The first-order valence-corrected chi connectivity index (χ1v) is 6.73. The maximum atomic E-state index is 6.08. The van der Waals surface area contributed by atoms with Crippen LogP contribution in [0.1, 0.15) is 42.5 Å². The molecule has 0 fully saturated rings. The number of nitrogens with one attached hydrogen (secondary N) is 1. The molecule has 2 aromatic heterocycles. The molecule has 102 valence electrons. The first-order valence-electron chi connectivity index (χ1n) is 6.35. The van der Waals surface area contributed by atoms with Crippen LogP contribution in [0.4, 0.5) is 5.82 Å². The third-order valence-corrected chi connectivity index (χ3v) is 3.47. The van der Waals surface area contributed by atoms with E-state index in [1.165, 1.54) is 6.33 Å². The monoisotopic (exact) mass is 279 g/mol. The zero-order valence-corrected chi connectivity index (χ0v) is 12.4. The second-order valence-electron chi connectivity index (χ2n) is 4.58. The van der Waals surface area contributed by atoms with Crippen LogP contribution in [0.25, 0.3) is 0 Å². The van der Waals surface area contributed by atoms with Crippen LogP contribution in [0, 0.1) is 13.8 Å². The highest BCUT2D eigenvalue weighted by Crippen LogP contribution is 2.27. The van der Waals surface area contributed by atoms with Crippen LogP contribution in [0.15, 0.2) is 16.8 Å². The lowest BCUT2D eigenvalue weighted by atomic mass is 10.1. The van der Waals surface area contributed by atoms with Gasteiger partial charge in [0.25, 0.3) is 0 Å². The van der Waals surface area contributed by atoms with Gasteiger partial charge >= 0.3 is 0 Å². The van der Waals surface area contributed by atoms with Gasteiger partial charge in [-0.25, -0.2) is 9.97 Å². The summed E-state index contributed by atoms with van der Waals surface area (Å²) in [5.41, 5.74) is 2.07. The molecule has 5 heteroatoms. The van der Waals surface area contributed by atoms with Gasteiger partial charge < -0.3 is 9.73 Å². The quantitative estimate of drug-likeness (QED) is 0.857. The molecule has 1 atom stereocenters. The SMILES string of the molecule is CCc1c(Cl)ncnc1NC(C)c1cc(C)oc1C. The van der Waals surface area contributed by atoms with E-state index in [9.17, 15) is 0 Å². The third kappa shape index (κ3) is 2.89. The highest BCUT2D eigenvalue weighted by molar-refractivity contribution is 6.30. The third-order valence-electron chi connectivity index (χ3n) is 3.15. The number of anilines is 1. The molecule has 0 spiro atoms. The Balaban J connectivity index is 2.26. The number of aromatic nitrogens is 2. The summed E-state index contributed by atoms with van der Waals surface area (Å²) in [6.45, 7) is 8.02. The summed E-state index contributed by atoms with van der Waals surface area (Å²) in [5.74, 6) is 2.63. The summed E-state index contributed by atoms with van der Waals surface area (Å²) in [5, 5.41) is 3.88. The number of halogens is 1. The highest BCUT2D eigenvalue weighted by atomic mass is 35.5. The zero-order valence-electron chi connectivity index (χ0n) is 11.6. The van der Waals surface area contributed by atoms with Crippen molar-refractivity contribution in [2.24, 2.45) is 0 Å². The second kappa shape index (κ2) is 5.61. The summed E-state index contributed by atoms with van der Waals surface area (Å²) in [6.07, 6.45) is 2.27. The summed E-state index contributed by atoms with van der Waals surface area (Å²) in [7, 11) is 0. The van der Waals surface area contributed by atoms with Crippen molar-refractivity contribution in [3.8, 4) is 0 Å². The van der Waals surface area contributed by atoms with Gasteiger partial charge in [0, 0.05) is 11.1 Å². The van der Waals surface area contributed by atoms with E-state index in [1.54, 1.807) is 0 Å². The second-order valence-corrected chi connectivity index (χ2v) is 4.94. The van der Waals surface area contributed by atoms with Gasteiger partial charge in [0.15, 0.2) is 0 Å². The lowest BCUT2D eigenvalue weighted by Gasteiger charge is -2.16. The van der Waals surface area contributed by atoms with Gasteiger partial charge in [-0.3, -0.25) is 0 Å². The summed E-state index contributed by atoms with van der Waals surface area (Å²) >= 11 is 6.08. The molecule has 0 saturated heterocycles. The number of hydrogen-bond donors (Lipinski definition) is 1. The Morgan fingerprint density at radius 2 is 2.11 bits per heavy atom. The van der Waals surface area contributed by atoms with Crippen molar-refractivity contribution >= 4 is 17.4 Å². The van der Waals surface area contributed by atoms with Crippen molar-refractivity contribution < 1.29 is 4.42 Å². The van der Waals surface area contributed by atoms with E-state index >= 15 is 0 Å². The maximum absolute atomic E-state index is 6.08.